The number of hydrogen-bond donors (Lipinski definition) is 1. The monoisotopic (exact) mass is 322 g/mol. The molecule has 2 N–H and O–H groups in total. The van der Waals surface area contributed by atoms with Gasteiger partial charge in [0.15, 0.2) is 0 Å². The van der Waals surface area contributed by atoms with Gasteiger partial charge >= 0.3 is 0 Å². The zero-order valence-electron chi connectivity index (χ0n) is 12.3. The molecular formula is C16H19FN2O2S. The van der Waals surface area contributed by atoms with Crippen LogP contribution in [0.3, 0.4) is 0 Å². The molecule has 1 fully saturated rings. The number of thioether (sulfide) groups is 1. The summed E-state index contributed by atoms with van der Waals surface area (Å²) in [4.78, 5) is 13.9. The van der Waals surface area contributed by atoms with Gasteiger partial charge in [0.1, 0.15) is 18.2 Å². The Kier molecular flexibility index (Phi) is 4.57. The minimum Gasteiger partial charge on any atom is -0.492 e. The highest BCUT2D eigenvalue weighted by Crippen LogP contribution is 2.28. The maximum absolute atomic E-state index is 14.2. The normalized spacial score (nSPS) is 21.0. The fourth-order valence-corrected chi connectivity index (χ4v) is 3.58. The van der Waals surface area contributed by atoms with Gasteiger partial charge in [-0.3, -0.25) is 4.79 Å². The van der Waals surface area contributed by atoms with Gasteiger partial charge in [0.2, 0.25) is 0 Å². The van der Waals surface area contributed by atoms with Crippen LogP contribution in [0.2, 0.25) is 0 Å². The van der Waals surface area contributed by atoms with Gasteiger partial charge in [0, 0.05) is 36.5 Å². The number of hydrogen-bond acceptors (Lipinski definition) is 4. The van der Waals surface area contributed by atoms with Crippen molar-refractivity contribution in [3.8, 4) is 5.75 Å². The minimum absolute atomic E-state index is 0.121. The molecule has 0 spiro atoms. The first-order valence-corrected chi connectivity index (χ1v) is 8.39. The number of carbonyl (C=O) groups is 1. The van der Waals surface area contributed by atoms with Gasteiger partial charge in [-0.05, 0) is 30.4 Å². The fraction of sp³-hybridized carbons (Fsp3) is 0.438. The summed E-state index contributed by atoms with van der Waals surface area (Å²) in [5.74, 6) is -0.308. The molecular weight excluding hydrogens is 303 g/mol. The molecule has 3 rings (SSSR count). The summed E-state index contributed by atoms with van der Waals surface area (Å²) in [5, 5.41) is 2.20. The van der Waals surface area contributed by atoms with Crippen molar-refractivity contribution in [3.05, 3.63) is 40.7 Å². The Labute approximate surface area is 133 Å². The van der Waals surface area contributed by atoms with Crippen LogP contribution >= 0.6 is 11.8 Å². The predicted octanol–water partition coefficient (Wildman–Crippen LogP) is 2.75. The molecule has 1 atom stereocenters. The second kappa shape index (κ2) is 6.60. The minimum atomic E-state index is -0.522. The molecule has 4 nitrogen and oxygen atoms in total. The molecule has 1 aromatic rings. The second-order valence-corrected chi connectivity index (χ2v) is 6.78. The van der Waals surface area contributed by atoms with Gasteiger partial charge in [-0.15, -0.1) is 11.8 Å². The lowest BCUT2D eigenvalue weighted by molar-refractivity contribution is 0.0788. The Morgan fingerprint density at radius 3 is 2.82 bits per heavy atom. The first-order chi connectivity index (χ1) is 10.6. The number of rotatable bonds is 4. The highest BCUT2D eigenvalue weighted by Gasteiger charge is 2.22. The quantitative estimate of drug-likeness (QED) is 0.926. The van der Waals surface area contributed by atoms with E-state index < -0.39 is 5.82 Å². The summed E-state index contributed by atoms with van der Waals surface area (Å²) < 4.78 is 19.8. The van der Waals surface area contributed by atoms with Crippen LogP contribution in [-0.2, 0) is 0 Å². The molecule has 0 aliphatic carbocycles. The van der Waals surface area contributed by atoms with E-state index in [-0.39, 0.29) is 16.7 Å². The summed E-state index contributed by atoms with van der Waals surface area (Å²) in [6.45, 7) is 1.90. The smallest absolute Gasteiger partial charge is 0.256 e. The average molecular weight is 322 g/mol. The van der Waals surface area contributed by atoms with Crippen LogP contribution in [0.25, 0.3) is 0 Å². The van der Waals surface area contributed by atoms with Crippen molar-refractivity contribution >= 4 is 17.7 Å². The van der Waals surface area contributed by atoms with E-state index in [0.29, 0.717) is 25.4 Å². The summed E-state index contributed by atoms with van der Waals surface area (Å²) in [7, 11) is 0. The first kappa shape index (κ1) is 15.2. The average Bonchev–Trinajstić information content (AvgIpc) is 3.16. The molecule has 2 heterocycles. The summed E-state index contributed by atoms with van der Waals surface area (Å²) in [5.41, 5.74) is 6.69. The molecule has 2 aliphatic rings. The van der Waals surface area contributed by atoms with Gasteiger partial charge in [-0.2, -0.15) is 0 Å². The fourth-order valence-electron chi connectivity index (χ4n) is 2.68. The third-order valence-electron chi connectivity index (χ3n) is 3.88. The molecule has 0 saturated carbocycles. The summed E-state index contributed by atoms with van der Waals surface area (Å²) in [6, 6.07) is 4.46. The van der Waals surface area contributed by atoms with Gasteiger partial charge in [0.05, 0.1) is 5.56 Å². The third kappa shape index (κ3) is 3.38. The van der Waals surface area contributed by atoms with Crippen molar-refractivity contribution < 1.29 is 13.9 Å². The van der Waals surface area contributed by atoms with E-state index in [1.54, 1.807) is 22.7 Å². The second-order valence-electron chi connectivity index (χ2n) is 5.61. The predicted molar refractivity (Wildman–Crippen MR) is 85.3 cm³/mol. The van der Waals surface area contributed by atoms with Crippen LogP contribution in [-0.4, -0.2) is 35.8 Å². The van der Waals surface area contributed by atoms with Crippen LogP contribution < -0.4 is 10.5 Å². The van der Waals surface area contributed by atoms with Gasteiger partial charge in [-0.1, -0.05) is 0 Å². The van der Waals surface area contributed by atoms with E-state index in [0.717, 1.165) is 25.0 Å². The lowest BCUT2D eigenvalue weighted by atomic mass is 10.1. The largest absolute Gasteiger partial charge is 0.492 e. The van der Waals surface area contributed by atoms with E-state index in [2.05, 4.69) is 0 Å². The molecule has 2 aliphatic heterocycles. The van der Waals surface area contributed by atoms with Gasteiger partial charge < -0.3 is 15.4 Å². The SMILES string of the molecule is NC1=CSC(COc2ccc(C(=O)N3CCCC3)c(F)c2)C1. The summed E-state index contributed by atoms with van der Waals surface area (Å²) in [6.07, 6.45) is 2.77. The number of nitrogens with zero attached hydrogens (tertiary/aromatic N) is 1. The zero-order valence-corrected chi connectivity index (χ0v) is 13.1. The van der Waals surface area contributed by atoms with E-state index in [1.165, 1.54) is 12.1 Å². The Morgan fingerprint density at radius 2 is 2.18 bits per heavy atom. The number of amides is 1. The van der Waals surface area contributed by atoms with Crippen molar-refractivity contribution in [2.24, 2.45) is 5.73 Å². The molecule has 118 valence electrons. The molecule has 1 aromatic carbocycles. The Morgan fingerprint density at radius 1 is 1.41 bits per heavy atom. The van der Waals surface area contributed by atoms with Crippen molar-refractivity contribution in [1.29, 1.82) is 0 Å². The highest BCUT2D eigenvalue weighted by molar-refractivity contribution is 8.03. The van der Waals surface area contributed by atoms with E-state index in [9.17, 15) is 9.18 Å². The van der Waals surface area contributed by atoms with Crippen LogP contribution in [0.15, 0.2) is 29.3 Å². The maximum Gasteiger partial charge on any atom is 0.256 e. The Hall–Kier alpha value is -1.69. The Balaban J connectivity index is 1.60. The van der Waals surface area contributed by atoms with Crippen molar-refractivity contribution in [1.82, 2.24) is 4.90 Å². The van der Waals surface area contributed by atoms with Crippen LogP contribution in [0.1, 0.15) is 29.6 Å². The topological polar surface area (TPSA) is 55.6 Å². The van der Waals surface area contributed by atoms with Crippen molar-refractivity contribution in [3.63, 3.8) is 0 Å². The number of benzene rings is 1. The molecule has 1 saturated heterocycles. The molecule has 6 heteroatoms. The van der Waals surface area contributed by atoms with Crippen molar-refractivity contribution in [2.75, 3.05) is 19.7 Å². The standard InChI is InChI=1S/C16H19FN2O2S/c17-15-8-12(21-9-13-7-11(18)10-22-13)3-4-14(15)16(20)19-5-1-2-6-19/h3-4,8,10,13H,1-2,5-7,9,18H2. The van der Waals surface area contributed by atoms with Crippen LogP contribution in [0, 0.1) is 5.82 Å². The van der Waals surface area contributed by atoms with Gasteiger partial charge in [0.25, 0.3) is 5.91 Å². The number of likely N-dealkylation sites (tertiary alicyclic amines) is 1. The third-order valence-corrected chi connectivity index (χ3v) is 5.00. The molecule has 0 radical (unpaired) electrons. The van der Waals surface area contributed by atoms with Crippen LogP contribution in [0.5, 0.6) is 5.75 Å². The molecule has 22 heavy (non-hydrogen) atoms. The number of ether oxygens (including phenoxy) is 1. The molecule has 0 bridgehead atoms. The summed E-state index contributed by atoms with van der Waals surface area (Å²) >= 11 is 1.63. The maximum atomic E-state index is 14.2. The lowest BCUT2D eigenvalue weighted by Crippen LogP contribution is -2.28. The van der Waals surface area contributed by atoms with E-state index >= 15 is 0 Å². The van der Waals surface area contributed by atoms with E-state index in [4.69, 9.17) is 10.5 Å². The number of carbonyl (C=O) groups excluding carboxylic acids is 1. The molecule has 0 aromatic heterocycles. The molecule has 1 unspecified atom stereocenters. The molecule has 1 amide bonds. The first-order valence-electron chi connectivity index (χ1n) is 7.45. The zero-order chi connectivity index (χ0) is 15.5. The number of nitrogens with two attached hydrogens (primary N) is 1. The number of halogens is 1. The lowest BCUT2D eigenvalue weighted by Gasteiger charge is -2.16. The highest BCUT2D eigenvalue weighted by atomic mass is 32.2. The number of allylic oxidation sites excluding steroid dienone is 1. The van der Waals surface area contributed by atoms with Gasteiger partial charge in [-0.25, -0.2) is 4.39 Å². The van der Waals surface area contributed by atoms with Crippen LogP contribution in [0.4, 0.5) is 4.39 Å². The van der Waals surface area contributed by atoms with E-state index in [1.807, 2.05) is 5.41 Å². The Bertz CT molecular complexity index is 600. The van der Waals surface area contributed by atoms with Crippen molar-refractivity contribution in [2.45, 2.75) is 24.5 Å².